The van der Waals surface area contributed by atoms with Crippen molar-refractivity contribution in [3.05, 3.63) is 77.1 Å². The van der Waals surface area contributed by atoms with Crippen molar-refractivity contribution in [3.63, 3.8) is 0 Å². The lowest BCUT2D eigenvalue weighted by Crippen LogP contribution is -2.15. The van der Waals surface area contributed by atoms with Crippen LogP contribution in [0.1, 0.15) is 34.0 Å². The molecule has 0 fully saturated rings. The second-order valence-electron chi connectivity index (χ2n) is 5.99. The highest BCUT2D eigenvalue weighted by Gasteiger charge is 2.12. The Bertz CT molecular complexity index is 1010. The highest BCUT2D eigenvalue weighted by molar-refractivity contribution is 6.04. The summed E-state index contributed by atoms with van der Waals surface area (Å²) in [4.78, 5) is 20.9. The zero-order chi connectivity index (χ0) is 19.2. The summed E-state index contributed by atoms with van der Waals surface area (Å²) in [6.07, 6.45) is 3.75. The van der Waals surface area contributed by atoms with Crippen LogP contribution in [0.5, 0.6) is 0 Å². The van der Waals surface area contributed by atoms with Crippen molar-refractivity contribution >= 4 is 23.2 Å². The molecule has 3 rings (SSSR count). The molecule has 27 heavy (non-hydrogen) atoms. The van der Waals surface area contributed by atoms with E-state index in [0.717, 1.165) is 23.2 Å². The normalized spacial score (nSPS) is 10.1. The van der Waals surface area contributed by atoms with Crippen LogP contribution in [0, 0.1) is 18.3 Å². The first-order valence-electron chi connectivity index (χ1n) is 8.60. The summed E-state index contributed by atoms with van der Waals surface area (Å²) in [5.41, 5.74) is 4.39. The summed E-state index contributed by atoms with van der Waals surface area (Å²) in [7, 11) is 0. The van der Waals surface area contributed by atoms with Crippen LogP contribution >= 0.6 is 0 Å². The van der Waals surface area contributed by atoms with Crippen molar-refractivity contribution in [2.75, 3.05) is 10.6 Å². The van der Waals surface area contributed by atoms with Gasteiger partial charge in [0.05, 0.1) is 16.8 Å². The number of rotatable bonds is 5. The topological polar surface area (TPSA) is 90.7 Å². The molecule has 0 spiro atoms. The Morgan fingerprint density at radius 1 is 1.11 bits per heavy atom. The Morgan fingerprint density at radius 2 is 1.85 bits per heavy atom. The van der Waals surface area contributed by atoms with Crippen LogP contribution < -0.4 is 10.6 Å². The minimum atomic E-state index is -0.261. The van der Waals surface area contributed by atoms with Crippen molar-refractivity contribution in [1.29, 1.82) is 5.26 Å². The lowest BCUT2D eigenvalue weighted by molar-refractivity contribution is 0.102. The van der Waals surface area contributed by atoms with Crippen molar-refractivity contribution in [1.82, 2.24) is 9.97 Å². The fourth-order valence-corrected chi connectivity index (χ4v) is 2.71. The second kappa shape index (κ2) is 8.11. The summed E-state index contributed by atoms with van der Waals surface area (Å²) in [6.45, 7) is 4.01. The number of nitrogens with one attached hydrogen (secondary N) is 2. The highest BCUT2D eigenvalue weighted by Crippen LogP contribution is 2.22. The largest absolute Gasteiger partial charge is 0.323 e. The van der Waals surface area contributed by atoms with E-state index in [-0.39, 0.29) is 5.91 Å². The van der Waals surface area contributed by atoms with Gasteiger partial charge < -0.3 is 10.6 Å². The third kappa shape index (κ3) is 4.10. The van der Waals surface area contributed by atoms with Gasteiger partial charge in [-0.25, -0.2) is 9.97 Å². The molecule has 1 aromatic heterocycles. The van der Waals surface area contributed by atoms with E-state index in [1.54, 1.807) is 18.2 Å². The predicted octanol–water partition coefficient (Wildman–Crippen LogP) is 4.22. The van der Waals surface area contributed by atoms with Crippen LogP contribution in [-0.4, -0.2) is 15.9 Å². The molecule has 0 aliphatic heterocycles. The van der Waals surface area contributed by atoms with Crippen LogP contribution in [0.4, 0.5) is 17.3 Å². The highest BCUT2D eigenvalue weighted by atomic mass is 16.1. The van der Waals surface area contributed by atoms with E-state index in [1.807, 2.05) is 38.1 Å². The Morgan fingerprint density at radius 3 is 2.56 bits per heavy atom. The Labute approximate surface area is 157 Å². The summed E-state index contributed by atoms with van der Waals surface area (Å²) < 4.78 is 0. The lowest BCUT2D eigenvalue weighted by Gasteiger charge is -2.13. The van der Waals surface area contributed by atoms with E-state index in [4.69, 9.17) is 5.26 Å². The first-order chi connectivity index (χ1) is 13.1. The van der Waals surface area contributed by atoms with Gasteiger partial charge in [0.2, 0.25) is 5.95 Å². The number of aromatic nitrogens is 2. The summed E-state index contributed by atoms with van der Waals surface area (Å²) in [5, 5.41) is 15.1. The van der Waals surface area contributed by atoms with Gasteiger partial charge in [-0.3, -0.25) is 4.79 Å². The maximum absolute atomic E-state index is 12.5. The molecular formula is C21H19N5O. The first kappa shape index (κ1) is 18.1. The van der Waals surface area contributed by atoms with Gasteiger partial charge in [-0.1, -0.05) is 37.3 Å². The van der Waals surface area contributed by atoms with E-state index >= 15 is 0 Å². The second-order valence-corrected chi connectivity index (χ2v) is 5.99. The van der Waals surface area contributed by atoms with E-state index in [2.05, 4.69) is 26.7 Å². The quantitative estimate of drug-likeness (QED) is 0.713. The molecule has 2 N–H and O–H groups in total. The van der Waals surface area contributed by atoms with Gasteiger partial charge in [-0.2, -0.15) is 5.26 Å². The molecule has 1 heterocycles. The number of amides is 1. The number of benzene rings is 2. The molecule has 2 aromatic carbocycles. The zero-order valence-electron chi connectivity index (χ0n) is 15.2. The Balaban J connectivity index is 1.76. The predicted molar refractivity (Wildman–Crippen MR) is 105 cm³/mol. The van der Waals surface area contributed by atoms with E-state index < -0.39 is 0 Å². The molecule has 134 valence electrons. The summed E-state index contributed by atoms with van der Waals surface area (Å²) in [5.74, 6) is 0.0577. The van der Waals surface area contributed by atoms with Gasteiger partial charge in [0.25, 0.3) is 5.91 Å². The molecular weight excluding hydrogens is 338 g/mol. The molecule has 3 aromatic rings. The van der Waals surface area contributed by atoms with Crippen molar-refractivity contribution in [3.8, 4) is 6.07 Å². The molecule has 6 nitrogen and oxygen atoms in total. The Hall–Kier alpha value is -3.72. The number of carbonyl (C=O) groups is 1. The van der Waals surface area contributed by atoms with Crippen LogP contribution in [0.3, 0.4) is 0 Å². The Kier molecular flexibility index (Phi) is 5.43. The van der Waals surface area contributed by atoms with E-state index in [0.29, 0.717) is 22.8 Å². The average molecular weight is 357 g/mol. The molecule has 0 atom stereocenters. The van der Waals surface area contributed by atoms with E-state index in [9.17, 15) is 4.79 Å². The molecule has 0 unspecified atom stereocenters. The SMILES string of the molecule is CCc1cccc(C)c1NC(=O)c1cnc(Nc2ccccc2C#N)nc1. The van der Waals surface area contributed by atoms with Gasteiger partial charge in [-0.15, -0.1) is 0 Å². The van der Waals surface area contributed by atoms with Crippen molar-refractivity contribution in [2.45, 2.75) is 20.3 Å². The monoisotopic (exact) mass is 357 g/mol. The van der Waals surface area contributed by atoms with Crippen LogP contribution in [-0.2, 0) is 6.42 Å². The van der Waals surface area contributed by atoms with Gasteiger partial charge in [0, 0.05) is 18.1 Å². The number of aryl methyl sites for hydroxylation is 2. The molecule has 0 bridgehead atoms. The van der Waals surface area contributed by atoms with Gasteiger partial charge in [0.1, 0.15) is 6.07 Å². The van der Waals surface area contributed by atoms with Gasteiger partial charge in [0.15, 0.2) is 0 Å². The standard InChI is InChI=1S/C21H19N5O/c1-3-15-9-6-7-14(2)19(15)26-20(27)17-12-23-21(24-13-17)25-18-10-5-4-8-16(18)11-22/h4-10,12-13H,3H2,1-2H3,(H,26,27)(H,23,24,25). The fourth-order valence-electron chi connectivity index (χ4n) is 2.71. The third-order valence-corrected chi connectivity index (χ3v) is 4.19. The first-order valence-corrected chi connectivity index (χ1v) is 8.60. The van der Waals surface area contributed by atoms with Crippen LogP contribution in [0.15, 0.2) is 54.9 Å². The molecule has 0 saturated heterocycles. The fraction of sp³-hybridized carbons (Fsp3) is 0.143. The molecule has 6 heteroatoms. The molecule has 0 aliphatic carbocycles. The molecule has 0 aliphatic rings. The number of hydrogen-bond acceptors (Lipinski definition) is 5. The van der Waals surface area contributed by atoms with Gasteiger partial charge >= 0.3 is 0 Å². The van der Waals surface area contributed by atoms with Crippen LogP contribution in [0.2, 0.25) is 0 Å². The average Bonchev–Trinajstić information content (AvgIpc) is 2.70. The molecule has 1 amide bonds. The number of hydrogen-bond donors (Lipinski definition) is 2. The minimum absolute atomic E-state index is 0.261. The van der Waals surface area contributed by atoms with Crippen molar-refractivity contribution < 1.29 is 4.79 Å². The number of nitriles is 1. The summed E-state index contributed by atoms with van der Waals surface area (Å²) >= 11 is 0. The third-order valence-electron chi connectivity index (χ3n) is 4.19. The number of para-hydroxylation sites is 2. The van der Waals surface area contributed by atoms with E-state index in [1.165, 1.54) is 12.4 Å². The molecule has 0 saturated carbocycles. The van der Waals surface area contributed by atoms with Gasteiger partial charge in [-0.05, 0) is 36.6 Å². The number of anilines is 3. The molecule has 0 radical (unpaired) electrons. The zero-order valence-corrected chi connectivity index (χ0v) is 15.2. The minimum Gasteiger partial charge on any atom is -0.323 e. The lowest BCUT2D eigenvalue weighted by atomic mass is 10.1. The van der Waals surface area contributed by atoms with Crippen LogP contribution in [0.25, 0.3) is 0 Å². The smallest absolute Gasteiger partial charge is 0.258 e. The summed E-state index contributed by atoms with van der Waals surface area (Å²) in [6, 6.07) is 15.1. The number of carbonyl (C=O) groups excluding carboxylic acids is 1. The number of nitrogens with zero attached hydrogens (tertiary/aromatic N) is 3. The maximum Gasteiger partial charge on any atom is 0.258 e. The van der Waals surface area contributed by atoms with Crippen molar-refractivity contribution in [2.24, 2.45) is 0 Å². The maximum atomic E-state index is 12.5.